The predicted molar refractivity (Wildman–Crippen MR) is 171 cm³/mol. The van der Waals surface area contributed by atoms with Crippen molar-refractivity contribution in [1.29, 1.82) is 0 Å². The van der Waals surface area contributed by atoms with Gasteiger partial charge in [0.05, 0.1) is 12.3 Å². The van der Waals surface area contributed by atoms with Crippen LogP contribution in [-0.2, 0) is 21.4 Å². The lowest BCUT2D eigenvalue weighted by atomic mass is 9.95. The molecule has 4 rings (SSSR count). The summed E-state index contributed by atoms with van der Waals surface area (Å²) in [6.45, 7) is 6.79. The lowest BCUT2D eigenvalue weighted by Gasteiger charge is -2.39. The summed E-state index contributed by atoms with van der Waals surface area (Å²) in [7, 11) is -3.30. The summed E-state index contributed by atoms with van der Waals surface area (Å²) in [6, 6.07) is 15.3. The van der Waals surface area contributed by atoms with Gasteiger partial charge in [-0.2, -0.15) is 0 Å². The van der Waals surface area contributed by atoms with Gasteiger partial charge in [-0.3, -0.25) is 19.3 Å². The van der Waals surface area contributed by atoms with Gasteiger partial charge in [0.25, 0.3) is 0 Å². The Balaban J connectivity index is 0.00000294. The van der Waals surface area contributed by atoms with Gasteiger partial charge in [0.15, 0.2) is 0 Å². The van der Waals surface area contributed by atoms with Crippen LogP contribution in [-0.4, -0.2) is 68.6 Å². The highest BCUT2D eigenvalue weighted by Crippen LogP contribution is 2.25. The zero-order valence-electron chi connectivity index (χ0n) is 24.2. The van der Waals surface area contributed by atoms with E-state index in [-0.39, 0.29) is 36.8 Å². The van der Waals surface area contributed by atoms with E-state index in [9.17, 15) is 13.2 Å². The van der Waals surface area contributed by atoms with Crippen LogP contribution in [0.25, 0.3) is 0 Å². The van der Waals surface area contributed by atoms with E-state index in [2.05, 4.69) is 38.9 Å². The summed E-state index contributed by atoms with van der Waals surface area (Å²) in [4.78, 5) is 18.1. The second-order valence-electron chi connectivity index (χ2n) is 11.0. The van der Waals surface area contributed by atoms with E-state index in [0.717, 1.165) is 76.8 Å². The topological polar surface area (TPSA) is 91.0 Å². The van der Waals surface area contributed by atoms with Crippen LogP contribution in [0.4, 0.5) is 5.69 Å². The Kier molecular flexibility index (Phi) is 14.7. The number of sulfonamides is 1. The molecule has 1 amide bonds. The Morgan fingerprint density at radius 1 is 0.927 bits per heavy atom. The molecule has 41 heavy (non-hydrogen) atoms. The Morgan fingerprint density at radius 3 is 2.07 bits per heavy atom. The largest absolute Gasteiger partial charge is 0.457 e. The number of nitrogens with zero attached hydrogens (tertiary/aromatic N) is 2. The molecule has 1 heterocycles. The van der Waals surface area contributed by atoms with Crippen molar-refractivity contribution in [3.8, 4) is 11.5 Å². The van der Waals surface area contributed by atoms with E-state index in [1.807, 2.05) is 12.1 Å². The number of rotatable bonds is 12. The first-order valence-electron chi connectivity index (χ1n) is 14.4. The molecule has 11 heteroatoms. The Morgan fingerprint density at radius 2 is 1.51 bits per heavy atom. The minimum absolute atomic E-state index is 0. The predicted octanol–water partition coefficient (Wildman–Crippen LogP) is 5.82. The maximum Gasteiger partial charge on any atom is 0.237 e. The van der Waals surface area contributed by atoms with Crippen LogP contribution in [0, 0.1) is 0 Å². The van der Waals surface area contributed by atoms with Crippen molar-refractivity contribution in [2.45, 2.75) is 76.9 Å². The summed E-state index contributed by atoms with van der Waals surface area (Å²) in [5.74, 6) is 1.61. The highest BCUT2D eigenvalue weighted by molar-refractivity contribution is 7.92. The van der Waals surface area contributed by atoms with Crippen LogP contribution in [0.15, 0.2) is 48.5 Å². The minimum Gasteiger partial charge on any atom is -0.457 e. The molecule has 0 bridgehead atoms. The van der Waals surface area contributed by atoms with Gasteiger partial charge in [0.2, 0.25) is 15.9 Å². The molecule has 1 aliphatic carbocycles. The van der Waals surface area contributed by atoms with E-state index >= 15 is 0 Å². The van der Waals surface area contributed by atoms with E-state index in [1.165, 1.54) is 24.8 Å². The van der Waals surface area contributed by atoms with Crippen molar-refractivity contribution in [3.05, 3.63) is 54.1 Å². The van der Waals surface area contributed by atoms with E-state index in [1.54, 1.807) is 24.3 Å². The summed E-state index contributed by atoms with van der Waals surface area (Å²) in [5, 5.41) is 3.38. The van der Waals surface area contributed by atoms with Gasteiger partial charge in [0.1, 0.15) is 11.5 Å². The fraction of sp³-hybridized carbons (Fsp3) is 0.567. The molecular formula is C30H46Cl2N4O4S. The minimum atomic E-state index is -3.30. The number of unbranched alkanes of at least 4 members (excludes halogenated alkanes) is 1. The maximum atomic E-state index is 13.2. The van der Waals surface area contributed by atoms with Crippen LogP contribution >= 0.6 is 24.8 Å². The van der Waals surface area contributed by atoms with Crippen molar-refractivity contribution < 1.29 is 17.9 Å². The number of nitrogens with one attached hydrogen (secondary N) is 2. The second-order valence-corrected chi connectivity index (χ2v) is 12.7. The van der Waals surface area contributed by atoms with Crippen molar-refractivity contribution in [3.63, 3.8) is 0 Å². The first-order chi connectivity index (χ1) is 18.8. The van der Waals surface area contributed by atoms with Crippen LogP contribution in [0.3, 0.4) is 0 Å². The number of halogens is 2. The molecule has 8 nitrogen and oxygen atoms in total. The van der Waals surface area contributed by atoms with Gasteiger partial charge < -0.3 is 10.1 Å². The number of piperazine rings is 1. The number of hydrogen-bond acceptors (Lipinski definition) is 6. The normalized spacial score (nSPS) is 17.5. The number of ether oxygens (including phenoxy) is 1. The third-order valence-electron chi connectivity index (χ3n) is 7.66. The first-order valence-corrected chi connectivity index (χ1v) is 16.3. The molecule has 2 aromatic carbocycles. The monoisotopic (exact) mass is 628 g/mol. The number of carbonyl (C=O) groups excluding carboxylic acids is 1. The quantitative estimate of drug-likeness (QED) is 0.308. The summed E-state index contributed by atoms with van der Waals surface area (Å²) in [5.41, 5.74) is 1.72. The Labute approximate surface area is 258 Å². The number of carbonyl (C=O) groups is 1. The fourth-order valence-corrected chi connectivity index (χ4v) is 6.08. The van der Waals surface area contributed by atoms with Gasteiger partial charge in [-0.25, -0.2) is 8.42 Å². The zero-order valence-corrected chi connectivity index (χ0v) is 26.7. The highest BCUT2D eigenvalue weighted by atomic mass is 35.5. The van der Waals surface area contributed by atoms with Gasteiger partial charge in [0, 0.05) is 44.5 Å². The lowest BCUT2D eigenvalue weighted by Crippen LogP contribution is -2.56. The molecule has 230 valence electrons. The molecule has 2 N–H and O–H groups in total. The molecule has 1 aliphatic heterocycles. The highest BCUT2D eigenvalue weighted by Gasteiger charge is 2.30. The van der Waals surface area contributed by atoms with Gasteiger partial charge >= 0.3 is 0 Å². The lowest BCUT2D eigenvalue weighted by molar-refractivity contribution is -0.128. The standard InChI is InChI=1S/C30H44N4O4S.2ClH/c1-3-4-10-29(30(35)31-25-8-6-5-7-9-25)34-21-19-33(20-22-34)23-24-11-15-27(16-12-24)38-28-17-13-26(14-18-28)32-39(2,36)37;;/h11-18,25,29,32H,3-10,19-23H2,1-2H3,(H,31,35);2*1H. The fourth-order valence-electron chi connectivity index (χ4n) is 5.52. The molecular weight excluding hydrogens is 583 g/mol. The van der Waals surface area contributed by atoms with Gasteiger partial charge in [-0.05, 0) is 61.2 Å². The zero-order chi connectivity index (χ0) is 27.7. The van der Waals surface area contributed by atoms with Crippen LogP contribution in [0.1, 0.15) is 63.9 Å². The summed E-state index contributed by atoms with van der Waals surface area (Å²) >= 11 is 0. The van der Waals surface area contributed by atoms with Gasteiger partial charge in [-0.15, -0.1) is 24.8 Å². The molecule has 2 aliphatic rings. The number of hydrogen-bond donors (Lipinski definition) is 2. The molecule has 1 saturated heterocycles. The summed E-state index contributed by atoms with van der Waals surface area (Å²) in [6.07, 6.45) is 10.3. The maximum absolute atomic E-state index is 13.2. The first kappa shape index (κ1) is 35.2. The average molecular weight is 630 g/mol. The molecule has 1 unspecified atom stereocenters. The third-order valence-corrected chi connectivity index (χ3v) is 8.26. The van der Waals surface area contributed by atoms with Crippen molar-refractivity contribution in [2.24, 2.45) is 0 Å². The second kappa shape index (κ2) is 17.2. The van der Waals surface area contributed by atoms with E-state index in [4.69, 9.17) is 4.74 Å². The molecule has 0 radical (unpaired) electrons. The van der Waals surface area contributed by atoms with E-state index < -0.39 is 10.0 Å². The van der Waals surface area contributed by atoms with Crippen molar-refractivity contribution >= 4 is 46.4 Å². The molecule has 1 saturated carbocycles. The van der Waals surface area contributed by atoms with Crippen LogP contribution < -0.4 is 14.8 Å². The van der Waals surface area contributed by atoms with E-state index in [0.29, 0.717) is 17.5 Å². The average Bonchev–Trinajstić information content (AvgIpc) is 2.92. The number of anilines is 1. The SMILES string of the molecule is CCCCC(C(=O)NC1CCCCC1)N1CCN(Cc2ccc(Oc3ccc(NS(C)(=O)=O)cc3)cc2)CC1.Cl.Cl. The molecule has 0 spiro atoms. The summed E-state index contributed by atoms with van der Waals surface area (Å²) < 4.78 is 31.1. The smallest absolute Gasteiger partial charge is 0.237 e. The van der Waals surface area contributed by atoms with Crippen LogP contribution in [0.5, 0.6) is 11.5 Å². The Bertz CT molecular complexity index is 1150. The molecule has 2 aromatic rings. The third kappa shape index (κ3) is 11.6. The molecule has 1 atom stereocenters. The number of benzene rings is 2. The molecule has 2 fully saturated rings. The number of amides is 1. The Hall–Kier alpha value is -2.04. The van der Waals surface area contributed by atoms with Gasteiger partial charge in [-0.1, -0.05) is 51.2 Å². The van der Waals surface area contributed by atoms with Crippen molar-refractivity contribution in [1.82, 2.24) is 15.1 Å². The molecule has 0 aromatic heterocycles. The van der Waals surface area contributed by atoms with Crippen molar-refractivity contribution in [2.75, 3.05) is 37.2 Å². The van der Waals surface area contributed by atoms with Crippen LogP contribution in [0.2, 0.25) is 0 Å².